The standard InChI is InChI=1S/C14H30N2O2/c1-5-14(17)8-6-7-9-15(2)10-11-16(3)12-13-18-4/h5-13H2,1-4H3. The molecule has 4 heteroatoms. The average Bonchev–Trinajstić information content (AvgIpc) is 2.38. The Bertz CT molecular complexity index is 210. The maximum atomic E-state index is 11.1. The Balaban J connectivity index is 3.42. The van der Waals surface area contributed by atoms with Crippen LogP contribution in [-0.4, -0.2) is 69.6 Å². The zero-order valence-corrected chi connectivity index (χ0v) is 12.6. The average molecular weight is 258 g/mol. The maximum Gasteiger partial charge on any atom is 0.132 e. The van der Waals surface area contributed by atoms with E-state index in [-0.39, 0.29) is 0 Å². The molecule has 18 heavy (non-hydrogen) atoms. The van der Waals surface area contributed by atoms with Crippen LogP contribution in [-0.2, 0) is 9.53 Å². The number of rotatable bonds is 12. The van der Waals surface area contributed by atoms with Gasteiger partial charge in [0.25, 0.3) is 0 Å². The van der Waals surface area contributed by atoms with E-state index in [9.17, 15) is 4.79 Å². The second-order valence-electron chi connectivity index (χ2n) is 4.95. The van der Waals surface area contributed by atoms with Crippen LogP contribution in [0, 0.1) is 0 Å². The molecular weight excluding hydrogens is 228 g/mol. The summed E-state index contributed by atoms with van der Waals surface area (Å²) in [5, 5.41) is 0. The van der Waals surface area contributed by atoms with Gasteiger partial charge < -0.3 is 14.5 Å². The number of ketones is 1. The Morgan fingerprint density at radius 2 is 1.61 bits per heavy atom. The molecule has 0 aliphatic rings. The predicted molar refractivity (Wildman–Crippen MR) is 76.0 cm³/mol. The fraction of sp³-hybridized carbons (Fsp3) is 0.929. The minimum absolute atomic E-state index is 0.386. The maximum absolute atomic E-state index is 11.1. The van der Waals surface area contributed by atoms with Crippen LogP contribution in [0.1, 0.15) is 32.6 Å². The summed E-state index contributed by atoms with van der Waals surface area (Å²) in [6.45, 7) is 6.92. The van der Waals surface area contributed by atoms with Gasteiger partial charge in [0.1, 0.15) is 5.78 Å². The number of carbonyl (C=O) groups is 1. The van der Waals surface area contributed by atoms with Crippen molar-refractivity contribution in [3.8, 4) is 0 Å². The second kappa shape index (κ2) is 11.6. The third-order valence-corrected chi connectivity index (χ3v) is 3.18. The number of likely N-dealkylation sites (N-methyl/N-ethyl adjacent to an activating group) is 2. The lowest BCUT2D eigenvalue weighted by molar-refractivity contribution is -0.118. The van der Waals surface area contributed by atoms with Crippen molar-refractivity contribution >= 4 is 5.78 Å². The molecule has 0 aromatic heterocycles. The Morgan fingerprint density at radius 1 is 1.00 bits per heavy atom. The lowest BCUT2D eigenvalue weighted by atomic mass is 10.1. The van der Waals surface area contributed by atoms with E-state index in [1.165, 1.54) is 0 Å². The molecule has 0 unspecified atom stereocenters. The topological polar surface area (TPSA) is 32.8 Å². The number of nitrogens with zero attached hydrogens (tertiary/aromatic N) is 2. The first-order chi connectivity index (χ1) is 8.60. The van der Waals surface area contributed by atoms with Gasteiger partial charge in [-0.25, -0.2) is 0 Å². The van der Waals surface area contributed by atoms with Crippen molar-refractivity contribution in [3.05, 3.63) is 0 Å². The number of unbranched alkanes of at least 4 members (excludes halogenated alkanes) is 1. The minimum atomic E-state index is 0.386. The van der Waals surface area contributed by atoms with Crippen LogP contribution in [0.3, 0.4) is 0 Å². The normalized spacial score (nSPS) is 11.4. The lowest BCUT2D eigenvalue weighted by Crippen LogP contribution is -2.33. The molecule has 0 N–H and O–H groups in total. The third kappa shape index (κ3) is 10.7. The summed E-state index contributed by atoms with van der Waals surface area (Å²) in [6, 6.07) is 0. The molecule has 0 spiro atoms. The Kier molecular flexibility index (Phi) is 11.3. The van der Waals surface area contributed by atoms with Gasteiger partial charge in [0.05, 0.1) is 6.61 Å². The molecule has 0 amide bonds. The van der Waals surface area contributed by atoms with Gasteiger partial charge in [-0.15, -0.1) is 0 Å². The van der Waals surface area contributed by atoms with Gasteiger partial charge in [0.15, 0.2) is 0 Å². The highest BCUT2D eigenvalue weighted by Gasteiger charge is 2.03. The Morgan fingerprint density at radius 3 is 2.17 bits per heavy atom. The minimum Gasteiger partial charge on any atom is -0.383 e. The van der Waals surface area contributed by atoms with Gasteiger partial charge in [0.2, 0.25) is 0 Å². The molecule has 0 aliphatic carbocycles. The molecule has 0 saturated carbocycles. The monoisotopic (exact) mass is 258 g/mol. The zero-order valence-electron chi connectivity index (χ0n) is 12.6. The van der Waals surface area contributed by atoms with Crippen LogP contribution in [0.5, 0.6) is 0 Å². The van der Waals surface area contributed by atoms with Crippen molar-refractivity contribution in [2.24, 2.45) is 0 Å². The van der Waals surface area contributed by atoms with Crippen molar-refractivity contribution in [3.63, 3.8) is 0 Å². The SMILES string of the molecule is CCC(=O)CCCCN(C)CCN(C)CCOC. The first-order valence-electron chi connectivity index (χ1n) is 6.97. The third-order valence-electron chi connectivity index (χ3n) is 3.18. The predicted octanol–water partition coefficient (Wildman–Crippen LogP) is 1.65. The van der Waals surface area contributed by atoms with Gasteiger partial charge in [-0.05, 0) is 33.5 Å². The number of carbonyl (C=O) groups excluding carboxylic acids is 1. The lowest BCUT2D eigenvalue weighted by Gasteiger charge is -2.21. The fourth-order valence-electron chi connectivity index (χ4n) is 1.69. The van der Waals surface area contributed by atoms with Gasteiger partial charge in [-0.3, -0.25) is 4.79 Å². The van der Waals surface area contributed by atoms with Crippen LogP contribution in [0.25, 0.3) is 0 Å². The molecule has 0 saturated heterocycles. The summed E-state index contributed by atoms with van der Waals surface area (Å²) in [5.74, 6) is 0.386. The highest BCUT2D eigenvalue weighted by Crippen LogP contribution is 2.00. The molecule has 0 fully saturated rings. The first-order valence-corrected chi connectivity index (χ1v) is 6.97. The van der Waals surface area contributed by atoms with E-state index >= 15 is 0 Å². The van der Waals surface area contributed by atoms with Crippen LogP contribution in [0.15, 0.2) is 0 Å². The molecule has 0 bridgehead atoms. The van der Waals surface area contributed by atoms with E-state index in [0.29, 0.717) is 12.2 Å². The summed E-state index contributed by atoms with van der Waals surface area (Å²) in [4.78, 5) is 15.8. The van der Waals surface area contributed by atoms with Crippen molar-refractivity contribution in [2.45, 2.75) is 32.6 Å². The van der Waals surface area contributed by atoms with Crippen LogP contribution < -0.4 is 0 Å². The van der Waals surface area contributed by atoms with Crippen molar-refractivity contribution in [1.82, 2.24) is 9.80 Å². The highest BCUT2D eigenvalue weighted by molar-refractivity contribution is 5.77. The van der Waals surface area contributed by atoms with E-state index in [2.05, 4.69) is 23.9 Å². The molecular formula is C14H30N2O2. The molecule has 0 rings (SSSR count). The van der Waals surface area contributed by atoms with Crippen LogP contribution in [0.4, 0.5) is 0 Å². The van der Waals surface area contributed by atoms with E-state index in [0.717, 1.165) is 52.0 Å². The van der Waals surface area contributed by atoms with Crippen LogP contribution in [0.2, 0.25) is 0 Å². The Hall–Kier alpha value is -0.450. The molecule has 108 valence electrons. The Labute approximate surface area is 112 Å². The number of Topliss-reactive ketones (excluding diaryl/α,β-unsaturated/α-hetero) is 1. The molecule has 0 aromatic carbocycles. The van der Waals surface area contributed by atoms with Gasteiger partial charge >= 0.3 is 0 Å². The smallest absolute Gasteiger partial charge is 0.132 e. The number of hydrogen-bond donors (Lipinski definition) is 0. The molecule has 0 aromatic rings. The largest absolute Gasteiger partial charge is 0.383 e. The summed E-state index contributed by atoms with van der Waals surface area (Å²) < 4.78 is 5.04. The first kappa shape index (κ1) is 17.6. The molecule has 4 nitrogen and oxygen atoms in total. The van der Waals surface area contributed by atoms with E-state index in [1.54, 1.807) is 7.11 Å². The number of hydrogen-bond acceptors (Lipinski definition) is 4. The van der Waals surface area contributed by atoms with Crippen molar-refractivity contribution in [2.75, 3.05) is 54.0 Å². The highest BCUT2D eigenvalue weighted by atomic mass is 16.5. The number of ether oxygens (including phenoxy) is 1. The summed E-state index contributed by atoms with van der Waals surface area (Å²) in [5.41, 5.74) is 0. The van der Waals surface area contributed by atoms with Gasteiger partial charge in [0, 0.05) is 39.6 Å². The number of methoxy groups -OCH3 is 1. The quantitative estimate of drug-likeness (QED) is 0.498. The van der Waals surface area contributed by atoms with Crippen LogP contribution >= 0.6 is 0 Å². The molecule has 0 radical (unpaired) electrons. The second-order valence-corrected chi connectivity index (χ2v) is 4.95. The molecule has 0 atom stereocenters. The zero-order chi connectivity index (χ0) is 13.8. The fourth-order valence-corrected chi connectivity index (χ4v) is 1.69. The van der Waals surface area contributed by atoms with E-state index in [1.807, 2.05) is 6.92 Å². The summed E-state index contributed by atoms with van der Waals surface area (Å²) in [7, 11) is 6.00. The van der Waals surface area contributed by atoms with E-state index in [4.69, 9.17) is 4.74 Å². The molecule has 0 heterocycles. The summed E-state index contributed by atoms with van der Waals surface area (Å²) >= 11 is 0. The molecule has 0 aliphatic heterocycles. The van der Waals surface area contributed by atoms with Gasteiger partial charge in [-0.1, -0.05) is 6.92 Å². The van der Waals surface area contributed by atoms with Crippen molar-refractivity contribution < 1.29 is 9.53 Å². The van der Waals surface area contributed by atoms with Gasteiger partial charge in [-0.2, -0.15) is 0 Å². The summed E-state index contributed by atoms with van der Waals surface area (Å²) in [6.07, 6.45) is 3.57. The van der Waals surface area contributed by atoms with Crippen molar-refractivity contribution in [1.29, 1.82) is 0 Å². The van der Waals surface area contributed by atoms with E-state index < -0.39 is 0 Å².